The van der Waals surface area contributed by atoms with Gasteiger partial charge in [0.2, 0.25) is 0 Å². The van der Waals surface area contributed by atoms with Crippen LogP contribution in [0, 0.1) is 11.3 Å². The fourth-order valence-corrected chi connectivity index (χ4v) is 4.00. The highest BCUT2D eigenvalue weighted by atomic mass is 16.5. The molecule has 0 bridgehead atoms. The molecule has 0 radical (unpaired) electrons. The number of hydrogen-bond acceptors (Lipinski definition) is 5. The Labute approximate surface area is 169 Å². The van der Waals surface area contributed by atoms with Crippen molar-refractivity contribution in [3.63, 3.8) is 0 Å². The van der Waals surface area contributed by atoms with Crippen LogP contribution in [0.25, 0.3) is 10.9 Å². The Morgan fingerprint density at radius 1 is 1.03 bits per heavy atom. The van der Waals surface area contributed by atoms with Crippen LogP contribution in [0.2, 0.25) is 0 Å². The van der Waals surface area contributed by atoms with Crippen molar-refractivity contribution in [2.75, 3.05) is 25.1 Å². The molecule has 4 rings (SSSR count). The first-order chi connectivity index (χ1) is 14.1. The second-order valence-electron chi connectivity index (χ2n) is 7.17. The molecule has 148 valence electrons. The summed E-state index contributed by atoms with van der Waals surface area (Å²) in [7, 11) is 3.35. The first-order valence-electron chi connectivity index (χ1n) is 9.70. The lowest BCUT2D eigenvalue weighted by molar-refractivity contribution is 0.164. The molecule has 1 fully saturated rings. The minimum Gasteiger partial charge on any atom is -0.493 e. The van der Waals surface area contributed by atoms with E-state index in [1.165, 1.54) is 0 Å². The number of fused-ring (bicyclic) bond motifs is 1. The van der Waals surface area contributed by atoms with Crippen molar-refractivity contribution in [3.8, 4) is 17.6 Å². The van der Waals surface area contributed by atoms with E-state index < -0.39 is 0 Å². The largest absolute Gasteiger partial charge is 0.493 e. The lowest BCUT2D eigenvalue weighted by Crippen LogP contribution is -2.40. The number of rotatable bonds is 4. The van der Waals surface area contributed by atoms with Crippen LogP contribution in [0.4, 0.5) is 5.69 Å². The summed E-state index contributed by atoms with van der Waals surface area (Å²) >= 11 is 0. The van der Waals surface area contributed by atoms with Crippen LogP contribution in [0.15, 0.2) is 53.3 Å². The summed E-state index contributed by atoms with van der Waals surface area (Å²) in [5.74, 6) is 1.46. The quantitative estimate of drug-likeness (QED) is 0.684. The molecule has 1 aromatic heterocycles. The highest BCUT2D eigenvalue weighted by molar-refractivity contribution is 5.94. The number of nitriles is 1. The Hall–Kier alpha value is -3.46. The Bertz CT molecular complexity index is 1140. The van der Waals surface area contributed by atoms with Gasteiger partial charge in [0, 0.05) is 38.4 Å². The van der Waals surface area contributed by atoms with E-state index in [-0.39, 0.29) is 17.2 Å². The summed E-state index contributed by atoms with van der Waals surface area (Å²) in [4.78, 5) is 14.9. The van der Waals surface area contributed by atoms with E-state index in [2.05, 4.69) is 11.0 Å². The highest BCUT2D eigenvalue weighted by Gasteiger charge is 2.26. The number of nitrogens with zero attached hydrogens (tertiary/aromatic N) is 3. The molecule has 0 amide bonds. The number of para-hydroxylation sites is 3. The van der Waals surface area contributed by atoms with Gasteiger partial charge in [-0.1, -0.05) is 30.3 Å². The fraction of sp³-hybridized carbons (Fsp3) is 0.304. The number of benzene rings is 2. The number of pyridine rings is 1. The molecule has 0 saturated carbocycles. The van der Waals surface area contributed by atoms with E-state index in [1.807, 2.05) is 48.5 Å². The number of aryl methyl sites for hydroxylation is 1. The van der Waals surface area contributed by atoms with Crippen LogP contribution >= 0.6 is 0 Å². The van der Waals surface area contributed by atoms with Crippen LogP contribution < -0.4 is 19.9 Å². The number of piperidine rings is 1. The molecule has 0 unspecified atom stereocenters. The second kappa shape index (κ2) is 7.88. The van der Waals surface area contributed by atoms with Crippen molar-refractivity contribution in [3.05, 3.63) is 64.4 Å². The van der Waals surface area contributed by atoms with Gasteiger partial charge in [-0.3, -0.25) is 4.79 Å². The van der Waals surface area contributed by atoms with Crippen LogP contribution in [0.5, 0.6) is 11.5 Å². The molecule has 1 aliphatic rings. The van der Waals surface area contributed by atoms with Gasteiger partial charge in [0.25, 0.3) is 5.56 Å². The zero-order chi connectivity index (χ0) is 20.4. The minimum absolute atomic E-state index is 0.0610. The lowest BCUT2D eigenvalue weighted by atomic mass is 10.0. The molecule has 3 aromatic rings. The van der Waals surface area contributed by atoms with E-state index in [0.29, 0.717) is 13.1 Å². The molecular weight excluding hydrogens is 366 g/mol. The van der Waals surface area contributed by atoms with Crippen LogP contribution in [-0.2, 0) is 7.05 Å². The molecule has 1 saturated heterocycles. The Balaban J connectivity index is 1.61. The summed E-state index contributed by atoms with van der Waals surface area (Å²) in [5.41, 5.74) is 1.52. The van der Waals surface area contributed by atoms with Gasteiger partial charge in [0.15, 0.2) is 11.5 Å². The summed E-state index contributed by atoms with van der Waals surface area (Å²) in [5, 5.41) is 10.6. The average Bonchev–Trinajstić information content (AvgIpc) is 2.77. The van der Waals surface area contributed by atoms with Gasteiger partial charge in [-0.05, 0) is 18.2 Å². The van der Waals surface area contributed by atoms with E-state index in [4.69, 9.17) is 9.47 Å². The number of methoxy groups -OCH3 is 1. The summed E-state index contributed by atoms with van der Waals surface area (Å²) < 4.78 is 13.1. The van der Waals surface area contributed by atoms with Crippen molar-refractivity contribution in [2.24, 2.45) is 7.05 Å². The van der Waals surface area contributed by atoms with E-state index in [9.17, 15) is 10.1 Å². The predicted octanol–water partition coefficient (Wildman–Crippen LogP) is 3.47. The summed E-state index contributed by atoms with van der Waals surface area (Å²) in [6, 6.07) is 17.5. The maximum absolute atomic E-state index is 12.7. The zero-order valence-electron chi connectivity index (χ0n) is 16.6. The van der Waals surface area contributed by atoms with Gasteiger partial charge in [0.05, 0.1) is 18.3 Å². The highest BCUT2D eigenvalue weighted by Crippen LogP contribution is 2.33. The van der Waals surface area contributed by atoms with Gasteiger partial charge in [-0.15, -0.1) is 0 Å². The number of aromatic nitrogens is 1. The van der Waals surface area contributed by atoms with Crippen molar-refractivity contribution >= 4 is 16.6 Å². The van der Waals surface area contributed by atoms with E-state index in [1.54, 1.807) is 18.7 Å². The first-order valence-corrected chi connectivity index (χ1v) is 9.70. The summed E-state index contributed by atoms with van der Waals surface area (Å²) in [6.45, 7) is 1.43. The number of anilines is 1. The minimum atomic E-state index is -0.256. The smallest absolute Gasteiger partial charge is 0.270 e. The van der Waals surface area contributed by atoms with Crippen LogP contribution in [0.1, 0.15) is 18.4 Å². The molecule has 0 spiro atoms. The van der Waals surface area contributed by atoms with Gasteiger partial charge in [-0.25, -0.2) is 0 Å². The third-order valence-corrected chi connectivity index (χ3v) is 5.51. The predicted molar refractivity (Wildman–Crippen MR) is 113 cm³/mol. The monoisotopic (exact) mass is 389 g/mol. The summed E-state index contributed by atoms with van der Waals surface area (Å²) in [6.07, 6.45) is 1.66. The first kappa shape index (κ1) is 18.9. The van der Waals surface area contributed by atoms with Crippen molar-refractivity contribution in [1.82, 2.24) is 4.57 Å². The van der Waals surface area contributed by atoms with Crippen molar-refractivity contribution in [2.45, 2.75) is 18.9 Å². The van der Waals surface area contributed by atoms with Crippen LogP contribution in [-0.4, -0.2) is 30.9 Å². The van der Waals surface area contributed by atoms with Gasteiger partial charge < -0.3 is 18.9 Å². The average molecular weight is 389 g/mol. The molecule has 0 N–H and O–H groups in total. The third-order valence-electron chi connectivity index (χ3n) is 5.51. The molecule has 2 heterocycles. The third kappa shape index (κ3) is 3.40. The molecular formula is C23H23N3O3. The Morgan fingerprint density at radius 2 is 1.69 bits per heavy atom. The maximum Gasteiger partial charge on any atom is 0.270 e. The number of ether oxygens (including phenoxy) is 2. The van der Waals surface area contributed by atoms with Crippen molar-refractivity contribution < 1.29 is 9.47 Å². The Morgan fingerprint density at radius 3 is 2.38 bits per heavy atom. The molecule has 0 atom stereocenters. The maximum atomic E-state index is 12.7. The van der Waals surface area contributed by atoms with E-state index in [0.717, 1.165) is 40.9 Å². The number of hydrogen-bond donors (Lipinski definition) is 0. The molecule has 1 aliphatic heterocycles. The topological polar surface area (TPSA) is 67.5 Å². The molecule has 2 aromatic carbocycles. The van der Waals surface area contributed by atoms with Gasteiger partial charge in [-0.2, -0.15) is 5.26 Å². The molecule has 29 heavy (non-hydrogen) atoms. The Kier molecular flexibility index (Phi) is 5.13. The normalized spacial score (nSPS) is 14.6. The molecule has 6 nitrogen and oxygen atoms in total. The molecule has 0 aliphatic carbocycles. The second-order valence-corrected chi connectivity index (χ2v) is 7.17. The van der Waals surface area contributed by atoms with Crippen molar-refractivity contribution in [1.29, 1.82) is 5.26 Å². The SMILES string of the molecule is COc1ccccc1OC1CCN(c2c(C#N)c(=O)n(C)c3ccccc23)CC1. The van der Waals surface area contributed by atoms with Gasteiger partial charge in [0.1, 0.15) is 17.7 Å². The molecule has 6 heteroatoms. The lowest BCUT2D eigenvalue weighted by Gasteiger charge is -2.35. The standard InChI is InChI=1S/C23H23N3O3/c1-25-19-8-4-3-7-17(19)22(18(15-24)23(25)27)26-13-11-16(12-14-26)29-21-10-6-5-9-20(21)28-2/h3-10,16H,11-14H2,1-2H3. The fourth-order valence-electron chi connectivity index (χ4n) is 4.00. The van der Waals surface area contributed by atoms with E-state index >= 15 is 0 Å². The van der Waals surface area contributed by atoms with Gasteiger partial charge >= 0.3 is 0 Å². The van der Waals surface area contributed by atoms with Crippen LogP contribution in [0.3, 0.4) is 0 Å². The zero-order valence-corrected chi connectivity index (χ0v) is 16.6.